The molecule has 0 spiro atoms. The van der Waals surface area contributed by atoms with Gasteiger partial charge in [-0.15, -0.1) is 0 Å². The van der Waals surface area contributed by atoms with Crippen molar-refractivity contribution in [2.24, 2.45) is 0 Å². The van der Waals surface area contributed by atoms with Gasteiger partial charge in [0.05, 0.1) is 10.5 Å². The summed E-state index contributed by atoms with van der Waals surface area (Å²) in [5.74, 6) is -0.412. The molecule has 0 aromatic heterocycles. The third kappa shape index (κ3) is 2.44. The average Bonchev–Trinajstić information content (AvgIpc) is 2.53. The molecular formula is C17H15NO3. The smallest absolute Gasteiger partial charge is 0.280 e. The van der Waals surface area contributed by atoms with Crippen LogP contribution in [0.15, 0.2) is 48.5 Å². The Morgan fingerprint density at radius 2 is 1.81 bits per heavy atom. The maximum atomic E-state index is 12.8. The maximum Gasteiger partial charge on any atom is 0.280 e. The Balaban J connectivity index is 2.03. The molecule has 0 N–H and O–H groups in total. The third-order valence-electron chi connectivity index (χ3n) is 4.05. The van der Waals surface area contributed by atoms with Gasteiger partial charge in [0.1, 0.15) is 0 Å². The highest BCUT2D eigenvalue weighted by atomic mass is 16.6. The lowest BCUT2D eigenvalue weighted by molar-refractivity contribution is -0.385. The van der Waals surface area contributed by atoms with E-state index in [2.05, 4.69) is 0 Å². The van der Waals surface area contributed by atoms with Crippen LogP contribution in [0.5, 0.6) is 0 Å². The lowest BCUT2D eigenvalue weighted by atomic mass is 9.78. The summed E-state index contributed by atoms with van der Waals surface area (Å²) >= 11 is 0. The first-order valence-electron chi connectivity index (χ1n) is 7.04. The van der Waals surface area contributed by atoms with Crippen LogP contribution in [0.2, 0.25) is 0 Å². The topological polar surface area (TPSA) is 60.2 Å². The van der Waals surface area contributed by atoms with Crippen molar-refractivity contribution in [3.05, 3.63) is 75.3 Å². The average molecular weight is 281 g/mol. The predicted octanol–water partition coefficient (Wildman–Crippen LogP) is 3.90. The predicted molar refractivity (Wildman–Crippen MR) is 79.5 cm³/mol. The maximum absolute atomic E-state index is 12.8. The number of Topliss-reactive ketones (excluding diaryl/α,β-unsaturated/α-hetero) is 1. The molecule has 3 rings (SSSR count). The number of carbonyl (C=O) groups is 1. The van der Waals surface area contributed by atoms with E-state index in [1.54, 1.807) is 18.2 Å². The zero-order chi connectivity index (χ0) is 14.8. The fourth-order valence-electron chi connectivity index (χ4n) is 3.06. The Kier molecular flexibility index (Phi) is 3.52. The summed E-state index contributed by atoms with van der Waals surface area (Å²) in [6.07, 6.45) is 2.66. The van der Waals surface area contributed by atoms with E-state index in [0.29, 0.717) is 0 Å². The standard InChI is InChI=1S/C17H15NO3/c19-17(15-9-3-4-11-16(15)18(20)21)14-10-5-7-12-6-1-2-8-13(12)14/h1-4,6,8-9,11,14H,5,7,10H2. The largest absolute Gasteiger partial charge is 0.293 e. The van der Waals surface area contributed by atoms with Crippen LogP contribution in [0, 0.1) is 10.1 Å². The Labute approximate surface area is 122 Å². The molecule has 2 aromatic rings. The Bertz CT molecular complexity index is 709. The van der Waals surface area contributed by atoms with E-state index in [4.69, 9.17) is 0 Å². The van der Waals surface area contributed by atoms with Gasteiger partial charge in [-0.2, -0.15) is 0 Å². The Morgan fingerprint density at radius 3 is 2.62 bits per heavy atom. The lowest BCUT2D eigenvalue weighted by Gasteiger charge is -2.24. The van der Waals surface area contributed by atoms with Gasteiger partial charge in [0.2, 0.25) is 0 Å². The van der Waals surface area contributed by atoms with Gasteiger partial charge >= 0.3 is 0 Å². The normalized spacial score (nSPS) is 17.0. The van der Waals surface area contributed by atoms with E-state index in [9.17, 15) is 14.9 Å². The van der Waals surface area contributed by atoms with Gasteiger partial charge in [-0.25, -0.2) is 0 Å². The molecule has 1 unspecified atom stereocenters. The summed E-state index contributed by atoms with van der Waals surface area (Å²) in [5.41, 5.74) is 2.31. The number of nitro benzene ring substituents is 1. The number of rotatable bonds is 3. The number of aryl methyl sites for hydroxylation is 1. The number of hydrogen-bond acceptors (Lipinski definition) is 3. The fourth-order valence-corrected chi connectivity index (χ4v) is 3.06. The summed E-state index contributed by atoms with van der Waals surface area (Å²) in [5, 5.41) is 11.1. The van der Waals surface area contributed by atoms with E-state index in [1.807, 2.05) is 24.3 Å². The van der Waals surface area contributed by atoms with Crippen molar-refractivity contribution in [3.63, 3.8) is 0 Å². The lowest BCUT2D eigenvalue weighted by Crippen LogP contribution is -2.19. The first-order chi connectivity index (χ1) is 10.2. The van der Waals surface area contributed by atoms with Gasteiger partial charge < -0.3 is 0 Å². The molecule has 0 aliphatic heterocycles. The van der Waals surface area contributed by atoms with E-state index < -0.39 is 4.92 Å². The van der Waals surface area contributed by atoms with Crippen molar-refractivity contribution in [2.75, 3.05) is 0 Å². The fraction of sp³-hybridized carbons (Fsp3) is 0.235. The molecule has 4 nitrogen and oxygen atoms in total. The van der Waals surface area contributed by atoms with Crippen LogP contribution in [0.4, 0.5) is 5.69 Å². The Hall–Kier alpha value is -2.49. The van der Waals surface area contributed by atoms with Crippen molar-refractivity contribution in [1.29, 1.82) is 0 Å². The molecule has 2 aromatic carbocycles. The minimum atomic E-state index is -0.484. The van der Waals surface area contributed by atoms with Crippen molar-refractivity contribution in [3.8, 4) is 0 Å². The van der Waals surface area contributed by atoms with Gasteiger partial charge in [-0.05, 0) is 36.5 Å². The number of para-hydroxylation sites is 1. The van der Waals surface area contributed by atoms with Gasteiger partial charge in [0.25, 0.3) is 5.69 Å². The summed E-state index contributed by atoms with van der Waals surface area (Å²) in [6.45, 7) is 0. The van der Waals surface area contributed by atoms with Gasteiger partial charge in [-0.1, -0.05) is 36.4 Å². The highest BCUT2D eigenvalue weighted by Crippen LogP contribution is 2.35. The molecule has 0 heterocycles. The molecule has 0 radical (unpaired) electrons. The van der Waals surface area contributed by atoms with Crippen molar-refractivity contribution < 1.29 is 9.72 Å². The zero-order valence-corrected chi connectivity index (χ0v) is 11.5. The molecule has 1 atom stereocenters. The summed E-state index contributed by atoms with van der Waals surface area (Å²) in [4.78, 5) is 23.4. The number of nitro groups is 1. The first kappa shape index (κ1) is 13.5. The zero-order valence-electron chi connectivity index (χ0n) is 11.5. The van der Waals surface area contributed by atoms with Crippen LogP contribution in [0.3, 0.4) is 0 Å². The third-order valence-corrected chi connectivity index (χ3v) is 4.05. The SMILES string of the molecule is O=C(c1ccccc1[N+](=O)[O-])C1CCCc2ccccc21. The molecule has 1 aliphatic carbocycles. The highest BCUT2D eigenvalue weighted by molar-refractivity contribution is 6.04. The second-order valence-electron chi connectivity index (χ2n) is 5.28. The Morgan fingerprint density at radius 1 is 1.10 bits per heavy atom. The van der Waals surface area contributed by atoms with E-state index in [0.717, 1.165) is 24.8 Å². The minimum absolute atomic E-state index is 0.106. The van der Waals surface area contributed by atoms with E-state index in [1.165, 1.54) is 11.6 Å². The minimum Gasteiger partial charge on any atom is -0.293 e. The van der Waals surface area contributed by atoms with Crippen LogP contribution in [-0.4, -0.2) is 10.7 Å². The van der Waals surface area contributed by atoms with Crippen molar-refractivity contribution >= 4 is 11.5 Å². The number of benzene rings is 2. The number of ketones is 1. The second-order valence-corrected chi connectivity index (χ2v) is 5.28. The van der Waals surface area contributed by atoms with Crippen molar-refractivity contribution in [1.82, 2.24) is 0 Å². The number of fused-ring (bicyclic) bond motifs is 1. The van der Waals surface area contributed by atoms with Gasteiger partial charge in [0.15, 0.2) is 5.78 Å². The molecule has 0 amide bonds. The molecule has 0 saturated carbocycles. The van der Waals surface area contributed by atoms with Crippen molar-refractivity contribution in [2.45, 2.75) is 25.2 Å². The summed E-state index contributed by atoms with van der Waals surface area (Å²) in [7, 11) is 0. The number of nitrogens with zero attached hydrogens (tertiary/aromatic N) is 1. The van der Waals surface area contributed by atoms with Crippen LogP contribution < -0.4 is 0 Å². The number of hydrogen-bond donors (Lipinski definition) is 0. The van der Waals surface area contributed by atoms with E-state index in [-0.39, 0.29) is 23.0 Å². The van der Waals surface area contributed by atoms with E-state index >= 15 is 0 Å². The second kappa shape index (κ2) is 5.48. The highest BCUT2D eigenvalue weighted by Gasteiger charge is 2.30. The first-order valence-corrected chi connectivity index (χ1v) is 7.04. The van der Waals surface area contributed by atoms with Gasteiger partial charge in [0, 0.05) is 12.0 Å². The van der Waals surface area contributed by atoms with Gasteiger partial charge in [-0.3, -0.25) is 14.9 Å². The summed E-state index contributed by atoms with van der Waals surface area (Å²) in [6, 6.07) is 14.1. The molecule has 0 bridgehead atoms. The molecule has 0 fully saturated rings. The molecule has 0 saturated heterocycles. The number of carbonyl (C=O) groups excluding carboxylic acids is 1. The monoisotopic (exact) mass is 281 g/mol. The summed E-state index contributed by atoms with van der Waals surface area (Å²) < 4.78 is 0. The molecule has 21 heavy (non-hydrogen) atoms. The molecule has 1 aliphatic rings. The van der Waals surface area contributed by atoms with Crippen LogP contribution in [0.25, 0.3) is 0 Å². The molecular weight excluding hydrogens is 266 g/mol. The van der Waals surface area contributed by atoms with Crippen LogP contribution >= 0.6 is 0 Å². The van der Waals surface area contributed by atoms with Crippen LogP contribution in [0.1, 0.15) is 40.2 Å². The van der Waals surface area contributed by atoms with Crippen LogP contribution in [-0.2, 0) is 6.42 Å². The molecule has 4 heteroatoms. The quantitative estimate of drug-likeness (QED) is 0.487. The molecule has 106 valence electrons.